The first kappa shape index (κ1) is 21.6. The molecular formula is C23H28BrN3O2. The summed E-state index contributed by atoms with van der Waals surface area (Å²) in [5.41, 5.74) is 2.86. The van der Waals surface area contributed by atoms with E-state index in [2.05, 4.69) is 34.7 Å². The fourth-order valence-electron chi connectivity index (χ4n) is 3.84. The normalized spacial score (nSPS) is 17.7. The molecule has 154 valence electrons. The molecule has 1 saturated heterocycles. The van der Waals surface area contributed by atoms with Crippen LogP contribution in [0.15, 0.2) is 34.0 Å². The van der Waals surface area contributed by atoms with Crippen LogP contribution in [-0.4, -0.2) is 54.9 Å². The van der Waals surface area contributed by atoms with E-state index in [0.29, 0.717) is 18.0 Å². The second-order valence-electron chi connectivity index (χ2n) is 8.22. The van der Waals surface area contributed by atoms with Crippen LogP contribution >= 0.6 is 15.9 Å². The Hall–Kier alpha value is -2.10. The summed E-state index contributed by atoms with van der Waals surface area (Å²) < 4.78 is 7.21. The van der Waals surface area contributed by atoms with Gasteiger partial charge in [-0.1, -0.05) is 0 Å². The number of ether oxygens (including phenoxy) is 1. The van der Waals surface area contributed by atoms with Crippen LogP contribution in [0.4, 0.5) is 0 Å². The summed E-state index contributed by atoms with van der Waals surface area (Å²) in [5.74, 6) is 0.609. The Balaban J connectivity index is 1.73. The highest BCUT2D eigenvalue weighted by atomic mass is 79.9. The van der Waals surface area contributed by atoms with Gasteiger partial charge in [0.05, 0.1) is 4.47 Å². The monoisotopic (exact) mass is 457 g/mol. The first-order chi connectivity index (χ1) is 13.8. The van der Waals surface area contributed by atoms with Crippen molar-refractivity contribution < 1.29 is 9.53 Å². The summed E-state index contributed by atoms with van der Waals surface area (Å²) >= 11 is 3.63. The van der Waals surface area contributed by atoms with E-state index >= 15 is 0 Å². The lowest BCUT2D eigenvalue weighted by Crippen LogP contribution is -2.41. The van der Waals surface area contributed by atoms with Gasteiger partial charge >= 0.3 is 0 Å². The maximum atomic E-state index is 12.7. The number of hydrogen-bond acceptors (Lipinski definition) is 5. The van der Waals surface area contributed by atoms with E-state index in [0.717, 1.165) is 47.3 Å². The van der Waals surface area contributed by atoms with Crippen molar-refractivity contribution in [3.8, 4) is 11.8 Å². The third-order valence-electron chi connectivity index (χ3n) is 5.45. The maximum absolute atomic E-state index is 12.7. The number of Topliss-reactive ketones (excluding diaryl/α,β-unsaturated/α-hetero) is 1. The molecular weight excluding hydrogens is 430 g/mol. The van der Waals surface area contributed by atoms with Crippen molar-refractivity contribution in [2.45, 2.75) is 45.3 Å². The number of fused-ring (bicyclic) bond motifs is 1. The van der Waals surface area contributed by atoms with Crippen LogP contribution in [0, 0.1) is 11.3 Å². The molecule has 1 aromatic rings. The number of ketones is 1. The van der Waals surface area contributed by atoms with E-state index in [4.69, 9.17) is 4.74 Å². The van der Waals surface area contributed by atoms with E-state index in [1.807, 2.05) is 24.3 Å². The van der Waals surface area contributed by atoms with Crippen molar-refractivity contribution in [3.63, 3.8) is 0 Å². The number of piperidine rings is 1. The predicted molar refractivity (Wildman–Crippen MR) is 119 cm³/mol. The highest BCUT2D eigenvalue weighted by molar-refractivity contribution is 9.10. The first-order valence-corrected chi connectivity index (χ1v) is 10.8. The number of allylic oxidation sites excluding steroid dienone is 2. The van der Waals surface area contributed by atoms with E-state index in [1.54, 1.807) is 25.2 Å². The molecule has 0 saturated carbocycles. The molecule has 29 heavy (non-hydrogen) atoms. The molecule has 0 amide bonds. The molecule has 0 unspecified atom stereocenters. The minimum absolute atomic E-state index is 0.154. The molecule has 0 bridgehead atoms. The Labute approximate surface area is 181 Å². The number of benzene rings is 1. The number of nitrogens with zero attached hydrogens (tertiary/aromatic N) is 3. The lowest BCUT2D eigenvalue weighted by molar-refractivity contribution is -0.111. The van der Waals surface area contributed by atoms with Crippen LogP contribution < -0.4 is 4.74 Å². The Kier molecular flexibility index (Phi) is 6.81. The highest BCUT2D eigenvalue weighted by Crippen LogP contribution is 2.36. The summed E-state index contributed by atoms with van der Waals surface area (Å²) in [5, 5.41) is 9.32. The van der Waals surface area contributed by atoms with Crippen LogP contribution in [0.1, 0.15) is 37.8 Å². The van der Waals surface area contributed by atoms with Crippen LogP contribution in [0.5, 0.6) is 5.75 Å². The van der Waals surface area contributed by atoms with Gasteiger partial charge in [-0.15, -0.1) is 0 Å². The number of likely N-dealkylation sites (tertiary alicyclic amines) is 1. The summed E-state index contributed by atoms with van der Waals surface area (Å²) in [6, 6.07) is 6.63. The van der Waals surface area contributed by atoms with Crippen molar-refractivity contribution in [1.82, 2.24) is 9.80 Å². The molecule has 1 aliphatic carbocycles. The topological polar surface area (TPSA) is 56.6 Å². The molecule has 2 aliphatic rings. The van der Waals surface area contributed by atoms with Crippen LogP contribution in [0.25, 0.3) is 6.08 Å². The summed E-state index contributed by atoms with van der Waals surface area (Å²) in [4.78, 5) is 16.9. The molecule has 3 rings (SSSR count). The number of carbonyl (C=O) groups is 1. The van der Waals surface area contributed by atoms with Gasteiger partial charge in [-0.25, -0.2) is 0 Å². The van der Waals surface area contributed by atoms with Gasteiger partial charge in [0.15, 0.2) is 0 Å². The fourth-order valence-corrected chi connectivity index (χ4v) is 4.32. The van der Waals surface area contributed by atoms with Crippen molar-refractivity contribution in [1.29, 1.82) is 5.26 Å². The Morgan fingerprint density at radius 3 is 2.62 bits per heavy atom. The second-order valence-corrected chi connectivity index (χ2v) is 9.08. The zero-order chi connectivity index (χ0) is 21.1. The number of carbonyl (C=O) groups excluding carboxylic acids is 1. The van der Waals surface area contributed by atoms with E-state index in [-0.39, 0.29) is 17.5 Å². The minimum Gasteiger partial charge on any atom is -0.489 e. The average molecular weight is 458 g/mol. The number of halogens is 1. The standard InChI is InChI=1S/C23H28BrN3O2/c1-15(2)27-7-5-20(6-8-27)29-22-12-17-10-18(9-16(17)11-21(22)24)23(28)19(13-25)14-26(3)4/h10-12,14-15,20H,5-9H2,1-4H3. The van der Waals surface area contributed by atoms with Crippen LogP contribution in [0.3, 0.4) is 0 Å². The number of rotatable bonds is 6. The van der Waals surface area contributed by atoms with Crippen molar-refractivity contribution in [2.24, 2.45) is 0 Å². The van der Waals surface area contributed by atoms with E-state index in [9.17, 15) is 10.1 Å². The highest BCUT2D eigenvalue weighted by Gasteiger charge is 2.25. The van der Waals surface area contributed by atoms with Gasteiger partial charge in [0.25, 0.3) is 0 Å². The van der Waals surface area contributed by atoms with Crippen molar-refractivity contribution in [3.05, 3.63) is 45.1 Å². The molecule has 0 radical (unpaired) electrons. The zero-order valence-electron chi connectivity index (χ0n) is 17.5. The molecule has 0 spiro atoms. The Morgan fingerprint density at radius 1 is 1.34 bits per heavy atom. The lowest BCUT2D eigenvalue weighted by Gasteiger charge is -2.34. The zero-order valence-corrected chi connectivity index (χ0v) is 19.1. The first-order valence-electron chi connectivity index (χ1n) is 10.0. The molecule has 1 heterocycles. The quantitative estimate of drug-likeness (QED) is 0.473. The van der Waals surface area contributed by atoms with Gasteiger partial charge in [-0.05, 0) is 72.0 Å². The van der Waals surface area contributed by atoms with Crippen LogP contribution in [0.2, 0.25) is 0 Å². The molecule has 0 aromatic heterocycles. The molecule has 1 aliphatic heterocycles. The third-order valence-corrected chi connectivity index (χ3v) is 6.07. The second kappa shape index (κ2) is 9.15. The van der Waals surface area contributed by atoms with E-state index in [1.165, 1.54) is 0 Å². The predicted octanol–water partition coefficient (Wildman–Crippen LogP) is 4.18. The minimum atomic E-state index is -0.211. The van der Waals surface area contributed by atoms with Gasteiger partial charge in [0.1, 0.15) is 23.5 Å². The van der Waals surface area contributed by atoms with Crippen molar-refractivity contribution >= 4 is 27.8 Å². The fraction of sp³-hybridized carbons (Fsp3) is 0.478. The average Bonchev–Trinajstić information content (AvgIpc) is 3.08. The lowest BCUT2D eigenvalue weighted by atomic mass is 10.0. The Bertz CT molecular complexity index is 888. The summed E-state index contributed by atoms with van der Waals surface area (Å²) in [6.45, 7) is 6.57. The Morgan fingerprint density at radius 2 is 2.03 bits per heavy atom. The summed E-state index contributed by atoms with van der Waals surface area (Å²) in [7, 11) is 3.60. The van der Waals surface area contributed by atoms with Gasteiger partial charge in [-0.2, -0.15) is 5.26 Å². The molecule has 6 heteroatoms. The van der Waals surface area contributed by atoms with Gasteiger partial charge < -0.3 is 14.5 Å². The smallest absolute Gasteiger partial charge is 0.201 e. The third kappa shape index (κ3) is 5.09. The largest absolute Gasteiger partial charge is 0.489 e. The van der Waals surface area contributed by atoms with Crippen LogP contribution in [-0.2, 0) is 11.2 Å². The molecule has 0 N–H and O–H groups in total. The van der Waals surface area contributed by atoms with Gasteiger partial charge in [0.2, 0.25) is 5.78 Å². The molecule has 0 atom stereocenters. The number of nitriles is 1. The molecule has 1 aromatic carbocycles. The SMILES string of the molecule is CC(C)N1CCC(Oc2cc3c(cc2Br)CC(C(=O)C(C#N)=CN(C)C)=C3)CC1. The molecule has 1 fully saturated rings. The maximum Gasteiger partial charge on any atom is 0.201 e. The van der Waals surface area contributed by atoms with Gasteiger partial charge in [-0.3, -0.25) is 4.79 Å². The van der Waals surface area contributed by atoms with Gasteiger partial charge in [0, 0.05) is 51.4 Å². The van der Waals surface area contributed by atoms with E-state index < -0.39 is 0 Å². The number of hydrogen-bond donors (Lipinski definition) is 0. The van der Waals surface area contributed by atoms with Crippen molar-refractivity contribution in [2.75, 3.05) is 27.2 Å². The summed E-state index contributed by atoms with van der Waals surface area (Å²) in [6.07, 6.45) is 6.23. The molecule has 5 nitrogen and oxygen atoms in total.